The highest BCUT2D eigenvalue weighted by molar-refractivity contribution is 5.76. The lowest BCUT2D eigenvalue weighted by molar-refractivity contribution is 0.0342. The highest BCUT2D eigenvalue weighted by atomic mass is 19.1. The number of aryl methyl sites for hydroxylation is 3. The van der Waals surface area contributed by atoms with E-state index in [1.165, 1.54) is 22.8 Å². The average molecular weight is 579 g/mol. The third-order valence-corrected chi connectivity index (χ3v) is 8.19. The number of hydrogen-bond donors (Lipinski definition) is 1. The average Bonchev–Trinajstić information content (AvgIpc) is 2.93. The molecule has 1 aliphatic heterocycles. The minimum atomic E-state index is -1.13. The minimum Gasteiger partial charge on any atom is -0.490 e. The third kappa shape index (κ3) is 6.31. The Labute approximate surface area is 245 Å². The summed E-state index contributed by atoms with van der Waals surface area (Å²) >= 11 is 0. The van der Waals surface area contributed by atoms with Gasteiger partial charge in [-0.1, -0.05) is 6.07 Å². The molecule has 1 N–H and O–H groups in total. The van der Waals surface area contributed by atoms with Gasteiger partial charge in [-0.2, -0.15) is 0 Å². The van der Waals surface area contributed by atoms with E-state index in [1.807, 2.05) is 11.0 Å². The second-order valence-electron chi connectivity index (χ2n) is 12.0. The zero-order valence-corrected chi connectivity index (χ0v) is 24.9. The Morgan fingerprint density at radius 3 is 2.31 bits per heavy atom. The van der Waals surface area contributed by atoms with Gasteiger partial charge < -0.3 is 28.8 Å². The van der Waals surface area contributed by atoms with Crippen molar-refractivity contribution >= 4 is 6.09 Å². The Balaban J connectivity index is 1.49. The number of aliphatic hydroxyl groups is 1. The minimum absolute atomic E-state index is 0.117. The lowest BCUT2D eigenvalue weighted by Gasteiger charge is -2.38. The van der Waals surface area contributed by atoms with E-state index in [0.717, 1.165) is 32.1 Å². The quantitative estimate of drug-likeness (QED) is 0.351. The fourth-order valence-electron chi connectivity index (χ4n) is 5.85. The van der Waals surface area contributed by atoms with Crippen molar-refractivity contribution in [2.24, 2.45) is 7.05 Å². The van der Waals surface area contributed by atoms with Crippen molar-refractivity contribution < 1.29 is 28.5 Å². The molecule has 3 aromatic rings. The number of pyridine rings is 1. The van der Waals surface area contributed by atoms with Crippen molar-refractivity contribution in [2.75, 3.05) is 13.2 Å². The van der Waals surface area contributed by atoms with Crippen LogP contribution in [-0.2, 0) is 17.4 Å². The molecule has 0 bridgehead atoms. The lowest BCUT2D eigenvalue weighted by atomic mass is 9.91. The van der Waals surface area contributed by atoms with E-state index < -0.39 is 5.60 Å². The van der Waals surface area contributed by atoms with Crippen molar-refractivity contribution in [1.29, 1.82) is 0 Å². The van der Waals surface area contributed by atoms with Crippen LogP contribution in [0.3, 0.4) is 0 Å². The van der Waals surface area contributed by atoms with Crippen LogP contribution in [0.1, 0.15) is 62.6 Å². The maximum atomic E-state index is 14.0. The van der Waals surface area contributed by atoms with Gasteiger partial charge in [0.25, 0.3) is 5.56 Å². The lowest BCUT2D eigenvalue weighted by Crippen LogP contribution is -2.47. The molecule has 1 aromatic heterocycles. The topological polar surface area (TPSA) is 90.2 Å². The van der Waals surface area contributed by atoms with E-state index >= 15 is 0 Å². The van der Waals surface area contributed by atoms with Gasteiger partial charge in [0, 0.05) is 43.0 Å². The Hall–Kier alpha value is -3.85. The van der Waals surface area contributed by atoms with E-state index in [2.05, 4.69) is 0 Å². The molecule has 1 saturated heterocycles. The van der Waals surface area contributed by atoms with Crippen LogP contribution >= 0.6 is 0 Å². The maximum Gasteiger partial charge on any atom is 0.410 e. The van der Waals surface area contributed by atoms with Gasteiger partial charge in [0.1, 0.15) is 23.1 Å². The van der Waals surface area contributed by atoms with Crippen LogP contribution in [0.2, 0.25) is 0 Å². The molecule has 5 rings (SSSR count). The van der Waals surface area contributed by atoms with Crippen LogP contribution in [-0.4, -0.2) is 46.0 Å². The molecule has 42 heavy (non-hydrogen) atoms. The van der Waals surface area contributed by atoms with Crippen molar-refractivity contribution in [3.05, 3.63) is 75.5 Å². The van der Waals surface area contributed by atoms with Crippen LogP contribution in [0.15, 0.2) is 47.4 Å². The molecule has 2 heterocycles. The predicted octanol–water partition coefficient (Wildman–Crippen LogP) is 6.36. The predicted molar refractivity (Wildman–Crippen MR) is 158 cm³/mol. The van der Waals surface area contributed by atoms with Gasteiger partial charge in [-0.3, -0.25) is 4.79 Å². The number of carbonyl (C=O) groups excluding carboxylic acids is 1. The molecule has 0 spiro atoms. The second-order valence-corrected chi connectivity index (χ2v) is 12.0. The van der Waals surface area contributed by atoms with E-state index in [9.17, 15) is 19.1 Å². The summed E-state index contributed by atoms with van der Waals surface area (Å²) in [5, 5.41) is 10.8. The Bertz CT molecular complexity index is 1510. The van der Waals surface area contributed by atoms with Crippen LogP contribution in [0.5, 0.6) is 17.2 Å². The molecule has 2 fully saturated rings. The van der Waals surface area contributed by atoms with Gasteiger partial charge in [0.2, 0.25) is 0 Å². The first-order valence-electron chi connectivity index (χ1n) is 14.5. The normalized spacial score (nSPS) is 19.4. The fraction of sp³-hybridized carbons (Fsp3) is 0.455. The molecule has 2 aromatic carbocycles. The Morgan fingerprint density at radius 2 is 1.67 bits per heavy atom. The summed E-state index contributed by atoms with van der Waals surface area (Å²) in [6, 6.07) is 9.87. The first kappa shape index (κ1) is 29.6. The molecule has 224 valence electrons. The molecule has 2 aliphatic rings. The van der Waals surface area contributed by atoms with Crippen LogP contribution in [0.25, 0.3) is 11.1 Å². The van der Waals surface area contributed by atoms with Gasteiger partial charge >= 0.3 is 6.09 Å². The molecule has 1 amide bonds. The molecule has 1 aliphatic carbocycles. The Kier molecular flexibility index (Phi) is 8.32. The van der Waals surface area contributed by atoms with Crippen LogP contribution in [0, 0.1) is 19.7 Å². The summed E-state index contributed by atoms with van der Waals surface area (Å²) in [6.45, 7) is 8.17. The largest absolute Gasteiger partial charge is 0.490 e. The standard InChI is InChI=1S/C33H39FN2O6/c1-20-15-23(34)16-21(2)31(20)42-28-12-7-22(33(3,4)39)17-26(28)27-19-35(5)30(37)18-29(27)41-25-10-8-24(9-11-25)36-13-6-14-40-32(36)38/h7,12,15-19,24-25,39H,6,8-11,13-14H2,1-5H3/t24-,25-. The number of amides is 1. The van der Waals surface area contributed by atoms with Gasteiger partial charge in [-0.15, -0.1) is 0 Å². The smallest absolute Gasteiger partial charge is 0.410 e. The van der Waals surface area contributed by atoms with Crippen LogP contribution in [0.4, 0.5) is 9.18 Å². The van der Waals surface area contributed by atoms with Crippen molar-refractivity contribution in [3.8, 4) is 28.4 Å². The van der Waals surface area contributed by atoms with Gasteiger partial charge in [-0.05, 0) is 101 Å². The van der Waals surface area contributed by atoms with E-state index in [-0.39, 0.29) is 29.6 Å². The molecular weight excluding hydrogens is 539 g/mol. The SMILES string of the molecule is Cc1cc(F)cc(C)c1Oc1ccc(C(C)(C)O)cc1-c1cn(C)c(=O)cc1O[C@H]1CC[C@H](N2CCCOC2=O)CC1. The van der Waals surface area contributed by atoms with Gasteiger partial charge in [-0.25, -0.2) is 9.18 Å². The molecular formula is C33H39FN2O6. The first-order chi connectivity index (χ1) is 19.9. The second kappa shape index (κ2) is 11.8. The number of hydrogen-bond acceptors (Lipinski definition) is 6. The van der Waals surface area contributed by atoms with E-state index in [4.69, 9.17) is 14.2 Å². The molecule has 8 nitrogen and oxygen atoms in total. The zero-order valence-electron chi connectivity index (χ0n) is 24.9. The Morgan fingerprint density at radius 1 is 0.976 bits per heavy atom. The van der Waals surface area contributed by atoms with Crippen LogP contribution < -0.4 is 15.0 Å². The molecule has 9 heteroatoms. The monoisotopic (exact) mass is 578 g/mol. The number of aromatic nitrogens is 1. The number of benzene rings is 2. The number of halogens is 1. The van der Waals surface area contributed by atoms with Gasteiger partial charge in [0.05, 0.1) is 18.3 Å². The fourth-order valence-corrected chi connectivity index (χ4v) is 5.85. The highest BCUT2D eigenvalue weighted by Gasteiger charge is 2.32. The number of carbonyl (C=O) groups is 1. The summed E-state index contributed by atoms with van der Waals surface area (Å²) in [5.74, 6) is 1.10. The van der Waals surface area contributed by atoms with E-state index in [1.54, 1.807) is 53.1 Å². The maximum absolute atomic E-state index is 14.0. The number of rotatable bonds is 7. The zero-order chi connectivity index (χ0) is 30.2. The van der Waals surface area contributed by atoms with Crippen molar-refractivity contribution in [1.82, 2.24) is 9.47 Å². The summed E-state index contributed by atoms with van der Waals surface area (Å²) in [6.07, 6.45) is 5.19. The molecule has 0 atom stereocenters. The van der Waals surface area contributed by atoms with Gasteiger partial charge in [0.15, 0.2) is 0 Å². The number of cyclic esters (lactones) is 1. The summed E-state index contributed by atoms with van der Waals surface area (Å²) in [5.41, 5.74) is 1.87. The molecule has 0 radical (unpaired) electrons. The van der Waals surface area contributed by atoms with E-state index in [0.29, 0.717) is 58.2 Å². The number of ether oxygens (including phenoxy) is 3. The van der Waals surface area contributed by atoms with Crippen molar-refractivity contribution in [2.45, 2.75) is 77.5 Å². The summed E-state index contributed by atoms with van der Waals surface area (Å²) < 4.78 is 33.7. The van der Waals surface area contributed by atoms with Crippen molar-refractivity contribution in [3.63, 3.8) is 0 Å². The molecule has 1 saturated carbocycles. The molecule has 0 unspecified atom stereocenters. The third-order valence-electron chi connectivity index (χ3n) is 8.19. The summed E-state index contributed by atoms with van der Waals surface area (Å²) in [4.78, 5) is 26.9. The highest BCUT2D eigenvalue weighted by Crippen LogP contribution is 2.42. The first-order valence-corrected chi connectivity index (χ1v) is 14.5. The number of nitrogens with zero attached hydrogens (tertiary/aromatic N) is 2. The summed E-state index contributed by atoms with van der Waals surface area (Å²) in [7, 11) is 1.67.